The highest BCUT2D eigenvalue weighted by molar-refractivity contribution is 5.91. The minimum atomic E-state index is -4.53. The molecule has 0 aliphatic rings. The van der Waals surface area contributed by atoms with E-state index in [4.69, 9.17) is 0 Å². The Kier molecular flexibility index (Phi) is 3.94. The fourth-order valence-corrected chi connectivity index (χ4v) is 2.63. The third-order valence-corrected chi connectivity index (χ3v) is 3.80. The number of aromatic amines is 1. The molecule has 0 saturated carbocycles. The van der Waals surface area contributed by atoms with E-state index in [1.807, 2.05) is 0 Å². The molecule has 0 radical (unpaired) electrons. The number of aromatic nitrogens is 6. The molecule has 136 valence electrons. The summed E-state index contributed by atoms with van der Waals surface area (Å²) in [5.74, 6) is 1.05. The van der Waals surface area contributed by atoms with Crippen molar-refractivity contribution in [3.63, 3.8) is 0 Å². The Morgan fingerprint density at radius 2 is 1.85 bits per heavy atom. The highest BCUT2D eigenvalue weighted by Gasteiger charge is 2.34. The molecule has 0 unspecified atom stereocenters. The van der Waals surface area contributed by atoms with Crippen molar-refractivity contribution in [3.05, 3.63) is 54.1 Å². The maximum atomic E-state index is 13.4. The SMILES string of the molecule is Cc1nc(Nc2nc(-c3ccccc3C(F)(F)F)nc3cnccc23)n[nH]1. The molecule has 27 heavy (non-hydrogen) atoms. The number of alkyl halides is 3. The topological polar surface area (TPSA) is 92.3 Å². The first-order chi connectivity index (χ1) is 12.9. The molecule has 0 spiro atoms. The Balaban J connectivity index is 1.91. The van der Waals surface area contributed by atoms with Gasteiger partial charge in [-0.2, -0.15) is 18.2 Å². The summed E-state index contributed by atoms with van der Waals surface area (Å²) >= 11 is 0. The maximum Gasteiger partial charge on any atom is 0.417 e. The van der Waals surface area contributed by atoms with Crippen molar-refractivity contribution in [2.45, 2.75) is 13.1 Å². The van der Waals surface area contributed by atoms with Gasteiger partial charge in [0.05, 0.1) is 17.3 Å². The normalized spacial score (nSPS) is 11.7. The largest absolute Gasteiger partial charge is 0.417 e. The highest BCUT2D eigenvalue weighted by atomic mass is 19.4. The van der Waals surface area contributed by atoms with Gasteiger partial charge in [0.15, 0.2) is 5.82 Å². The molecule has 10 heteroatoms. The fraction of sp³-hybridized carbons (Fsp3) is 0.118. The molecule has 7 nitrogen and oxygen atoms in total. The van der Waals surface area contributed by atoms with E-state index in [1.165, 1.54) is 24.4 Å². The smallest absolute Gasteiger partial charge is 0.307 e. The lowest BCUT2D eigenvalue weighted by Gasteiger charge is -2.13. The molecule has 0 aliphatic heterocycles. The number of fused-ring (bicyclic) bond motifs is 1. The second-order valence-electron chi connectivity index (χ2n) is 5.70. The quantitative estimate of drug-likeness (QED) is 0.568. The van der Waals surface area contributed by atoms with E-state index in [0.717, 1.165) is 6.07 Å². The third-order valence-electron chi connectivity index (χ3n) is 3.80. The summed E-state index contributed by atoms with van der Waals surface area (Å²) in [6.45, 7) is 1.73. The van der Waals surface area contributed by atoms with Crippen LogP contribution in [0, 0.1) is 6.92 Å². The number of pyridine rings is 1. The number of nitrogens with one attached hydrogen (secondary N) is 2. The summed E-state index contributed by atoms with van der Waals surface area (Å²) in [5.41, 5.74) is -0.535. The summed E-state index contributed by atoms with van der Waals surface area (Å²) in [5, 5.41) is 10.2. The number of rotatable bonds is 3. The van der Waals surface area contributed by atoms with Gasteiger partial charge in [0.2, 0.25) is 5.95 Å². The predicted octanol–water partition coefficient (Wildman–Crippen LogP) is 3.88. The van der Waals surface area contributed by atoms with Gasteiger partial charge in [0.25, 0.3) is 0 Å². The van der Waals surface area contributed by atoms with Crippen molar-refractivity contribution in [2.24, 2.45) is 0 Å². The molecule has 0 saturated heterocycles. The fourth-order valence-electron chi connectivity index (χ4n) is 2.63. The van der Waals surface area contributed by atoms with E-state index in [0.29, 0.717) is 16.7 Å². The Hall–Kier alpha value is -3.56. The number of halogens is 3. The molecule has 0 amide bonds. The zero-order chi connectivity index (χ0) is 19.0. The van der Waals surface area contributed by atoms with E-state index >= 15 is 0 Å². The van der Waals surface area contributed by atoms with Crippen molar-refractivity contribution < 1.29 is 13.2 Å². The first kappa shape index (κ1) is 16.9. The van der Waals surface area contributed by atoms with Crippen molar-refractivity contribution in [2.75, 3.05) is 5.32 Å². The second kappa shape index (κ2) is 6.31. The van der Waals surface area contributed by atoms with Crippen LogP contribution in [0.3, 0.4) is 0 Å². The van der Waals surface area contributed by atoms with Crippen LogP contribution in [-0.2, 0) is 6.18 Å². The molecule has 4 aromatic rings. The minimum Gasteiger partial charge on any atom is -0.307 e. The average Bonchev–Trinajstić information content (AvgIpc) is 3.06. The van der Waals surface area contributed by atoms with Crippen LogP contribution in [0.4, 0.5) is 24.9 Å². The van der Waals surface area contributed by atoms with Crippen LogP contribution >= 0.6 is 0 Å². The van der Waals surface area contributed by atoms with Crippen LogP contribution < -0.4 is 5.32 Å². The van der Waals surface area contributed by atoms with Crippen LogP contribution in [0.2, 0.25) is 0 Å². The molecule has 0 fully saturated rings. The van der Waals surface area contributed by atoms with Crippen LogP contribution in [0.1, 0.15) is 11.4 Å². The third kappa shape index (κ3) is 3.28. The Morgan fingerprint density at radius 1 is 1.04 bits per heavy atom. The lowest BCUT2D eigenvalue weighted by atomic mass is 10.1. The molecule has 0 aliphatic carbocycles. The molecule has 4 rings (SSSR count). The van der Waals surface area contributed by atoms with Gasteiger partial charge in [0.1, 0.15) is 11.6 Å². The predicted molar refractivity (Wildman–Crippen MR) is 92.2 cm³/mol. The number of H-pyrrole nitrogens is 1. The van der Waals surface area contributed by atoms with Gasteiger partial charge in [-0.05, 0) is 19.1 Å². The number of anilines is 2. The zero-order valence-electron chi connectivity index (χ0n) is 13.9. The number of aryl methyl sites for hydroxylation is 1. The van der Waals surface area contributed by atoms with Gasteiger partial charge in [-0.1, -0.05) is 18.2 Å². The van der Waals surface area contributed by atoms with Crippen molar-refractivity contribution >= 4 is 22.7 Å². The Morgan fingerprint density at radius 3 is 2.59 bits per heavy atom. The standard InChI is InChI=1S/C17H12F3N7/c1-9-22-16(27-26-9)25-15-11-6-7-21-8-13(11)23-14(24-15)10-4-2-3-5-12(10)17(18,19)20/h2-8H,1H3,(H2,22,23,24,25,26,27). The monoisotopic (exact) mass is 371 g/mol. The average molecular weight is 371 g/mol. The molecule has 3 aromatic heterocycles. The first-order valence-electron chi connectivity index (χ1n) is 7.86. The zero-order valence-corrected chi connectivity index (χ0v) is 13.9. The number of nitrogens with zero attached hydrogens (tertiary/aromatic N) is 5. The van der Waals surface area contributed by atoms with Gasteiger partial charge in [-0.15, -0.1) is 5.10 Å². The molecular formula is C17H12F3N7. The highest BCUT2D eigenvalue weighted by Crippen LogP contribution is 2.36. The van der Waals surface area contributed by atoms with E-state index in [9.17, 15) is 13.2 Å². The summed E-state index contributed by atoms with van der Waals surface area (Å²) < 4.78 is 40.2. The lowest BCUT2D eigenvalue weighted by molar-refractivity contribution is -0.137. The summed E-state index contributed by atoms with van der Waals surface area (Å²) in [6, 6.07) is 6.83. The van der Waals surface area contributed by atoms with Crippen LogP contribution in [0.5, 0.6) is 0 Å². The van der Waals surface area contributed by atoms with Crippen molar-refractivity contribution in [3.8, 4) is 11.4 Å². The number of hydrogen-bond acceptors (Lipinski definition) is 6. The number of benzene rings is 1. The van der Waals surface area contributed by atoms with Crippen LogP contribution in [-0.4, -0.2) is 30.1 Å². The summed E-state index contributed by atoms with van der Waals surface area (Å²) in [7, 11) is 0. The molecule has 2 N–H and O–H groups in total. The minimum absolute atomic E-state index is 0.0711. The van der Waals surface area contributed by atoms with Crippen molar-refractivity contribution in [1.29, 1.82) is 0 Å². The van der Waals surface area contributed by atoms with Gasteiger partial charge in [-0.25, -0.2) is 9.97 Å². The Bertz CT molecular complexity index is 1120. The van der Waals surface area contributed by atoms with Gasteiger partial charge in [0, 0.05) is 17.1 Å². The molecule has 1 aromatic carbocycles. The second-order valence-corrected chi connectivity index (χ2v) is 5.70. The summed E-state index contributed by atoms with van der Waals surface area (Å²) in [6.07, 6.45) is -1.52. The van der Waals surface area contributed by atoms with E-state index < -0.39 is 11.7 Å². The maximum absolute atomic E-state index is 13.4. The van der Waals surface area contributed by atoms with Crippen molar-refractivity contribution in [1.82, 2.24) is 30.1 Å². The number of hydrogen-bond donors (Lipinski definition) is 2. The van der Waals surface area contributed by atoms with Gasteiger partial charge < -0.3 is 5.32 Å². The first-order valence-corrected chi connectivity index (χ1v) is 7.86. The van der Waals surface area contributed by atoms with E-state index in [2.05, 4.69) is 35.5 Å². The van der Waals surface area contributed by atoms with E-state index in [-0.39, 0.29) is 23.2 Å². The molecule has 3 heterocycles. The lowest BCUT2D eigenvalue weighted by Crippen LogP contribution is -2.09. The molecule has 0 bridgehead atoms. The Labute approximate surface area is 150 Å². The molecular weight excluding hydrogens is 359 g/mol. The van der Waals surface area contributed by atoms with Crippen LogP contribution in [0.15, 0.2) is 42.7 Å². The van der Waals surface area contributed by atoms with E-state index in [1.54, 1.807) is 19.2 Å². The van der Waals surface area contributed by atoms with Gasteiger partial charge >= 0.3 is 6.18 Å². The molecule has 0 atom stereocenters. The van der Waals surface area contributed by atoms with Gasteiger partial charge in [-0.3, -0.25) is 10.1 Å². The van der Waals surface area contributed by atoms with Crippen LogP contribution in [0.25, 0.3) is 22.3 Å². The summed E-state index contributed by atoms with van der Waals surface area (Å²) in [4.78, 5) is 16.7.